The summed E-state index contributed by atoms with van der Waals surface area (Å²) >= 11 is 0. The average Bonchev–Trinajstić information content (AvgIpc) is 2.39. The van der Waals surface area contributed by atoms with Gasteiger partial charge in [-0.05, 0) is 45.2 Å². The van der Waals surface area contributed by atoms with Crippen molar-refractivity contribution >= 4 is 0 Å². The van der Waals surface area contributed by atoms with Crippen LogP contribution in [-0.4, -0.2) is 48.0 Å². The maximum absolute atomic E-state index is 9.40. The standard InChI is InChI=1S/C14H27NO2/c1-2-3-4-5-6-9-15-10-7-8-14(11-15,12-16)13-17/h3-4,16-17H,2,5-13H2,1H3. The fourth-order valence-electron chi connectivity index (χ4n) is 2.53. The SMILES string of the molecule is CCC=CCCCN1CCCC(CO)(CO)C1. The number of nitrogens with zero attached hydrogens (tertiary/aromatic N) is 1. The minimum absolute atomic E-state index is 0.107. The highest BCUT2D eigenvalue weighted by atomic mass is 16.3. The largest absolute Gasteiger partial charge is 0.396 e. The topological polar surface area (TPSA) is 43.7 Å². The van der Waals surface area contributed by atoms with E-state index in [1.54, 1.807) is 0 Å². The Kier molecular flexibility index (Phi) is 6.78. The van der Waals surface area contributed by atoms with Crippen LogP contribution in [-0.2, 0) is 0 Å². The third kappa shape index (κ3) is 4.78. The van der Waals surface area contributed by atoms with Gasteiger partial charge >= 0.3 is 0 Å². The monoisotopic (exact) mass is 241 g/mol. The molecule has 0 spiro atoms. The van der Waals surface area contributed by atoms with E-state index in [-0.39, 0.29) is 18.6 Å². The third-order valence-electron chi connectivity index (χ3n) is 3.66. The van der Waals surface area contributed by atoms with Crippen LogP contribution in [0.4, 0.5) is 0 Å². The molecule has 0 aromatic rings. The van der Waals surface area contributed by atoms with Crippen LogP contribution in [0.5, 0.6) is 0 Å². The lowest BCUT2D eigenvalue weighted by molar-refractivity contribution is -0.0107. The van der Waals surface area contributed by atoms with Gasteiger partial charge in [-0.2, -0.15) is 0 Å². The maximum atomic E-state index is 9.40. The van der Waals surface area contributed by atoms with Crippen LogP contribution in [0.2, 0.25) is 0 Å². The van der Waals surface area contributed by atoms with Crippen LogP contribution in [0.3, 0.4) is 0 Å². The Morgan fingerprint density at radius 2 is 2.00 bits per heavy atom. The van der Waals surface area contributed by atoms with E-state index in [1.165, 1.54) is 6.42 Å². The van der Waals surface area contributed by atoms with Gasteiger partial charge < -0.3 is 15.1 Å². The van der Waals surface area contributed by atoms with E-state index in [1.807, 2.05) is 0 Å². The van der Waals surface area contributed by atoms with Crippen molar-refractivity contribution in [2.24, 2.45) is 5.41 Å². The van der Waals surface area contributed by atoms with E-state index >= 15 is 0 Å². The molecule has 0 radical (unpaired) electrons. The molecule has 3 nitrogen and oxygen atoms in total. The Labute approximate surface area is 105 Å². The zero-order valence-corrected chi connectivity index (χ0v) is 11.1. The molecule has 1 aliphatic heterocycles. The summed E-state index contributed by atoms with van der Waals surface area (Å²) in [6, 6.07) is 0. The lowest BCUT2D eigenvalue weighted by Crippen LogP contribution is -2.47. The van der Waals surface area contributed by atoms with Crippen molar-refractivity contribution in [3.8, 4) is 0 Å². The molecule has 1 fully saturated rings. The molecule has 0 bridgehead atoms. The molecule has 0 unspecified atom stereocenters. The number of rotatable bonds is 7. The summed E-state index contributed by atoms with van der Waals surface area (Å²) in [7, 11) is 0. The molecule has 0 aromatic heterocycles. The molecule has 1 saturated heterocycles. The second-order valence-corrected chi connectivity index (χ2v) is 5.22. The van der Waals surface area contributed by atoms with E-state index in [2.05, 4.69) is 24.0 Å². The summed E-state index contributed by atoms with van der Waals surface area (Å²) in [5, 5.41) is 18.8. The number of hydrogen-bond donors (Lipinski definition) is 2. The quantitative estimate of drug-likeness (QED) is 0.527. The van der Waals surface area contributed by atoms with E-state index in [0.29, 0.717) is 0 Å². The van der Waals surface area contributed by atoms with Crippen molar-refractivity contribution in [1.29, 1.82) is 0 Å². The van der Waals surface area contributed by atoms with Gasteiger partial charge in [0, 0.05) is 12.0 Å². The summed E-state index contributed by atoms with van der Waals surface area (Å²) in [5.41, 5.74) is -0.252. The van der Waals surface area contributed by atoms with Crippen LogP contribution in [0.25, 0.3) is 0 Å². The van der Waals surface area contributed by atoms with E-state index < -0.39 is 0 Å². The highest BCUT2D eigenvalue weighted by Gasteiger charge is 2.33. The molecule has 17 heavy (non-hydrogen) atoms. The van der Waals surface area contributed by atoms with Gasteiger partial charge in [-0.1, -0.05) is 19.1 Å². The normalized spacial score (nSPS) is 21.1. The van der Waals surface area contributed by atoms with Gasteiger partial charge in [0.05, 0.1) is 13.2 Å². The van der Waals surface area contributed by atoms with Crippen LogP contribution < -0.4 is 0 Å². The Balaban J connectivity index is 2.27. The molecule has 100 valence electrons. The number of hydrogen-bond acceptors (Lipinski definition) is 3. The molecule has 0 atom stereocenters. The lowest BCUT2D eigenvalue weighted by atomic mass is 9.81. The predicted octanol–water partition coefficient (Wildman–Crippen LogP) is 1.80. The molecular formula is C14H27NO2. The number of unbranched alkanes of at least 4 members (excludes halogenated alkanes) is 1. The minimum atomic E-state index is -0.252. The Hall–Kier alpha value is -0.380. The predicted molar refractivity (Wildman–Crippen MR) is 70.9 cm³/mol. The van der Waals surface area contributed by atoms with Gasteiger partial charge in [0.1, 0.15) is 0 Å². The number of likely N-dealkylation sites (tertiary alicyclic amines) is 1. The van der Waals surface area contributed by atoms with Gasteiger partial charge in [0.2, 0.25) is 0 Å². The van der Waals surface area contributed by atoms with E-state index in [4.69, 9.17) is 0 Å². The Morgan fingerprint density at radius 1 is 1.24 bits per heavy atom. The molecule has 1 rings (SSSR count). The zero-order chi connectivity index (χ0) is 12.6. The zero-order valence-electron chi connectivity index (χ0n) is 11.1. The fraction of sp³-hybridized carbons (Fsp3) is 0.857. The first kappa shape index (κ1) is 14.7. The first-order chi connectivity index (χ1) is 8.26. The van der Waals surface area contributed by atoms with Crippen molar-refractivity contribution in [1.82, 2.24) is 4.90 Å². The molecular weight excluding hydrogens is 214 g/mol. The average molecular weight is 241 g/mol. The van der Waals surface area contributed by atoms with Crippen molar-refractivity contribution < 1.29 is 10.2 Å². The summed E-state index contributed by atoms with van der Waals surface area (Å²) in [6.07, 6.45) is 9.91. The van der Waals surface area contributed by atoms with Crippen molar-refractivity contribution in [3.05, 3.63) is 12.2 Å². The number of aliphatic hydroxyl groups excluding tert-OH is 2. The maximum Gasteiger partial charge on any atom is 0.0521 e. The summed E-state index contributed by atoms with van der Waals surface area (Å²) in [6.45, 7) is 5.40. The second-order valence-electron chi connectivity index (χ2n) is 5.22. The summed E-state index contributed by atoms with van der Waals surface area (Å²) < 4.78 is 0. The lowest BCUT2D eigenvalue weighted by Gasteiger charge is -2.40. The van der Waals surface area contributed by atoms with Gasteiger partial charge in [-0.25, -0.2) is 0 Å². The third-order valence-corrected chi connectivity index (χ3v) is 3.66. The van der Waals surface area contributed by atoms with Crippen LogP contribution in [0.15, 0.2) is 12.2 Å². The van der Waals surface area contributed by atoms with Crippen LogP contribution >= 0.6 is 0 Å². The van der Waals surface area contributed by atoms with Gasteiger partial charge in [-0.15, -0.1) is 0 Å². The van der Waals surface area contributed by atoms with Crippen molar-refractivity contribution in [2.45, 2.75) is 39.0 Å². The molecule has 0 aromatic carbocycles. The molecule has 0 aliphatic carbocycles. The van der Waals surface area contributed by atoms with E-state index in [9.17, 15) is 10.2 Å². The fourth-order valence-corrected chi connectivity index (χ4v) is 2.53. The molecule has 0 amide bonds. The van der Waals surface area contributed by atoms with Gasteiger partial charge in [0.15, 0.2) is 0 Å². The van der Waals surface area contributed by atoms with Gasteiger partial charge in [0.25, 0.3) is 0 Å². The molecule has 1 heterocycles. The molecule has 0 saturated carbocycles. The second kappa shape index (κ2) is 7.85. The number of aliphatic hydroxyl groups is 2. The van der Waals surface area contributed by atoms with Crippen molar-refractivity contribution in [3.63, 3.8) is 0 Å². The summed E-state index contributed by atoms with van der Waals surface area (Å²) in [4.78, 5) is 2.38. The first-order valence-electron chi connectivity index (χ1n) is 6.85. The van der Waals surface area contributed by atoms with E-state index in [0.717, 1.165) is 45.3 Å². The first-order valence-corrected chi connectivity index (χ1v) is 6.85. The molecule has 2 N–H and O–H groups in total. The van der Waals surface area contributed by atoms with Gasteiger partial charge in [-0.3, -0.25) is 0 Å². The highest BCUT2D eigenvalue weighted by molar-refractivity contribution is 4.87. The van der Waals surface area contributed by atoms with Crippen LogP contribution in [0.1, 0.15) is 39.0 Å². The Bertz CT molecular complexity index is 224. The molecule has 1 aliphatic rings. The van der Waals surface area contributed by atoms with Crippen LogP contribution in [0, 0.1) is 5.41 Å². The Morgan fingerprint density at radius 3 is 2.65 bits per heavy atom. The number of allylic oxidation sites excluding steroid dienone is 2. The summed E-state index contributed by atoms with van der Waals surface area (Å²) in [5.74, 6) is 0. The number of piperidine rings is 1. The highest BCUT2D eigenvalue weighted by Crippen LogP contribution is 2.28. The molecule has 3 heteroatoms. The smallest absolute Gasteiger partial charge is 0.0521 e. The minimum Gasteiger partial charge on any atom is -0.396 e. The van der Waals surface area contributed by atoms with Crippen molar-refractivity contribution in [2.75, 3.05) is 32.8 Å².